The van der Waals surface area contributed by atoms with Gasteiger partial charge < -0.3 is 20.2 Å². The maximum atomic E-state index is 12.1. The molecule has 2 rings (SSSR count). The number of nitriles is 2. The van der Waals surface area contributed by atoms with Gasteiger partial charge in [0, 0.05) is 5.56 Å². The van der Waals surface area contributed by atoms with E-state index in [0.29, 0.717) is 28.1 Å². The molecule has 0 spiro atoms. The number of H-pyrrole nitrogens is 1. The minimum atomic E-state index is -0.655. The second-order valence-corrected chi connectivity index (χ2v) is 6.26. The summed E-state index contributed by atoms with van der Waals surface area (Å²) in [6.07, 6.45) is 1.88. The third-order valence-corrected chi connectivity index (χ3v) is 4.32. The Kier molecular flexibility index (Phi) is 6.26. The number of methoxy groups -OCH3 is 1. The highest BCUT2D eigenvalue weighted by Gasteiger charge is 2.21. The van der Waals surface area contributed by atoms with E-state index in [1.165, 1.54) is 7.11 Å². The Balaban J connectivity index is 2.72. The van der Waals surface area contributed by atoms with Gasteiger partial charge >= 0.3 is 0 Å². The van der Waals surface area contributed by atoms with Crippen LogP contribution in [-0.4, -0.2) is 18.7 Å². The van der Waals surface area contributed by atoms with Crippen molar-refractivity contribution >= 4 is 21.7 Å². The Morgan fingerprint density at radius 3 is 2.54 bits per heavy atom. The molecule has 0 saturated carbocycles. The first-order chi connectivity index (χ1) is 12.5. The van der Waals surface area contributed by atoms with Gasteiger partial charge in [0.15, 0.2) is 11.5 Å². The molecule has 0 aliphatic heterocycles. The summed E-state index contributed by atoms with van der Waals surface area (Å²) in [6, 6.07) is 7.06. The lowest BCUT2D eigenvalue weighted by atomic mass is 9.96. The minimum Gasteiger partial charge on any atom is -0.493 e. The molecule has 0 aliphatic rings. The first-order valence-electron chi connectivity index (χ1n) is 7.85. The molecule has 1 heterocycles. The van der Waals surface area contributed by atoms with Gasteiger partial charge in [-0.15, -0.1) is 0 Å². The van der Waals surface area contributed by atoms with E-state index in [1.807, 2.05) is 12.1 Å². The molecule has 0 bridgehead atoms. The Morgan fingerprint density at radius 1 is 1.27 bits per heavy atom. The van der Waals surface area contributed by atoms with Crippen LogP contribution in [0.2, 0.25) is 0 Å². The van der Waals surface area contributed by atoms with E-state index in [9.17, 15) is 15.3 Å². The molecule has 3 N–H and O–H groups in total. The topological polar surface area (TPSA) is 125 Å². The lowest BCUT2D eigenvalue weighted by molar-refractivity contribution is 0.286. The molecule has 7 nitrogen and oxygen atoms in total. The van der Waals surface area contributed by atoms with Crippen LogP contribution in [0, 0.1) is 22.7 Å². The lowest BCUT2D eigenvalue weighted by Crippen LogP contribution is -2.16. The van der Waals surface area contributed by atoms with Crippen LogP contribution < -0.4 is 20.8 Å². The number of halogens is 1. The smallest absolute Gasteiger partial charge is 0.268 e. The fourth-order valence-electron chi connectivity index (χ4n) is 2.45. The largest absolute Gasteiger partial charge is 0.493 e. The van der Waals surface area contributed by atoms with Crippen molar-refractivity contribution in [1.29, 1.82) is 10.5 Å². The summed E-state index contributed by atoms with van der Waals surface area (Å²) >= 11 is 3.43. The number of aromatic amines is 1. The van der Waals surface area contributed by atoms with Crippen molar-refractivity contribution in [2.75, 3.05) is 19.5 Å². The Bertz CT molecular complexity index is 970. The van der Waals surface area contributed by atoms with Gasteiger partial charge in [0.25, 0.3) is 5.56 Å². The zero-order valence-electron chi connectivity index (χ0n) is 14.4. The summed E-state index contributed by atoms with van der Waals surface area (Å²) < 4.78 is 11.7. The van der Waals surface area contributed by atoms with Gasteiger partial charge in [-0.25, -0.2) is 0 Å². The van der Waals surface area contributed by atoms with Gasteiger partial charge in [0.2, 0.25) is 0 Å². The number of nitrogens with two attached hydrogens (primary N) is 1. The Hall–Kier alpha value is -2.97. The van der Waals surface area contributed by atoms with Gasteiger partial charge in [-0.2, -0.15) is 10.5 Å². The maximum absolute atomic E-state index is 12.1. The number of anilines is 1. The normalized spacial score (nSPS) is 10.0. The first kappa shape index (κ1) is 19.4. The molecule has 2 aromatic rings. The quantitative estimate of drug-likeness (QED) is 0.695. The fraction of sp³-hybridized carbons (Fsp3) is 0.278. The number of ether oxygens (including phenoxy) is 2. The van der Waals surface area contributed by atoms with E-state index in [2.05, 4.69) is 27.8 Å². The summed E-state index contributed by atoms with van der Waals surface area (Å²) in [6.45, 7) is 2.58. The number of benzene rings is 1. The summed E-state index contributed by atoms with van der Waals surface area (Å²) in [5.74, 6) is 0.835. The number of pyridine rings is 1. The zero-order valence-corrected chi connectivity index (χ0v) is 15.9. The van der Waals surface area contributed by atoms with Crippen LogP contribution in [0.25, 0.3) is 11.1 Å². The average molecular weight is 417 g/mol. The van der Waals surface area contributed by atoms with Crippen LogP contribution in [0.4, 0.5) is 5.82 Å². The molecule has 26 heavy (non-hydrogen) atoms. The summed E-state index contributed by atoms with van der Waals surface area (Å²) in [5, 5.41) is 18.8. The van der Waals surface area contributed by atoms with Gasteiger partial charge in [-0.05, 0) is 40.0 Å². The van der Waals surface area contributed by atoms with Crippen molar-refractivity contribution in [3.63, 3.8) is 0 Å². The third-order valence-electron chi connectivity index (χ3n) is 3.73. The summed E-state index contributed by atoms with van der Waals surface area (Å²) in [7, 11) is 1.49. The van der Waals surface area contributed by atoms with Gasteiger partial charge in [0.1, 0.15) is 29.1 Å². The minimum absolute atomic E-state index is 0.0229. The van der Waals surface area contributed by atoms with E-state index in [4.69, 9.17) is 15.2 Å². The number of aromatic nitrogens is 1. The molecule has 0 radical (unpaired) electrons. The van der Waals surface area contributed by atoms with Crippen LogP contribution in [0.5, 0.6) is 11.5 Å². The zero-order chi connectivity index (χ0) is 19.3. The molecule has 0 unspecified atom stereocenters. The van der Waals surface area contributed by atoms with E-state index < -0.39 is 5.56 Å². The lowest BCUT2D eigenvalue weighted by Gasteiger charge is -2.15. The predicted molar refractivity (Wildman–Crippen MR) is 101 cm³/mol. The van der Waals surface area contributed by atoms with Gasteiger partial charge in [-0.1, -0.05) is 13.3 Å². The molecule has 134 valence electrons. The van der Waals surface area contributed by atoms with Crippen LogP contribution >= 0.6 is 15.9 Å². The highest BCUT2D eigenvalue weighted by atomic mass is 79.9. The standard InChI is InChI=1S/C18H17BrN4O3/c1-3-4-5-26-16-13(19)6-10(7-14(16)25-2)15-11(8-20)17(22)23-18(24)12(15)9-21/h6-7H,3-5H2,1-2H3,(H3,22,23,24). The highest BCUT2D eigenvalue weighted by Crippen LogP contribution is 2.41. The fourth-order valence-corrected chi connectivity index (χ4v) is 3.01. The molecule has 0 aliphatic carbocycles. The van der Waals surface area contributed by atoms with Crippen LogP contribution in [0.15, 0.2) is 21.4 Å². The van der Waals surface area contributed by atoms with Crippen molar-refractivity contribution < 1.29 is 9.47 Å². The van der Waals surface area contributed by atoms with E-state index in [0.717, 1.165) is 12.8 Å². The monoisotopic (exact) mass is 416 g/mol. The number of nitrogens with zero attached hydrogens (tertiary/aromatic N) is 2. The van der Waals surface area contributed by atoms with E-state index in [-0.39, 0.29) is 22.5 Å². The maximum Gasteiger partial charge on any atom is 0.268 e. The van der Waals surface area contributed by atoms with Crippen LogP contribution in [-0.2, 0) is 0 Å². The van der Waals surface area contributed by atoms with E-state index in [1.54, 1.807) is 12.1 Å². The third kappa shape index (κ3) is 3.66. The molecular weight excluding hydrogens is 400 g/mol. The molecule has 8 heteroatoms. The Labute approximate surface area is 159 Å². The van der Waals surface area contributed by atoms with Crippen molar-refractivity contribution in [3.05, 3.63) is 38.1 Å². The van der Waals surface area contributed by atoms with E-state index >= 15 is 0 Å². The predicted octanol–water partition coefficient (Wildman–Crippen LogP) is 3.32. The SMILES string of the molecule is CCCCOc1c(Br)cc(-c2c(C#N)c(N)[nH]c(=O)c2C#N)cc1OC. The number of hydrogen-bond donors (Lipinski definition) is 2. The number of unbranched alkanes of at least 4 members (excludes halogenated alkanes) is 1. The molecule has 0 fully saturated rings. The van der Waals surface area contributed by atoms with Crippen LogP contribution in [0.3, 0.4) is 0 Å². The number of nitrogens with one attached hydrogen (secondary N) is 1. The molecule has 0 saturated heterocycles. The average Bonchev–Trinajstić information content (AvgIpc) is 2.62. The first-order valence-corrected chi connectivity index (χ1v) is 8.64. The number of hydrogen-bond acceptors (Lipinski definition) is 6. The van der Waals surface area contributed by atoms with Gasteiger partial charge in [0.05, 0.1) is 18.2 Å². The summed E-state index contributed by atoms with van der Waals surface area (Å²) in [4.78, 5) is 14.4. The molecule has 1 aromatic carbocycles. The highest BCUT2D eigenvalue weighted by molar-refractivity contribution is 9.10. The second kappa shape index (κ2) is 8.41. The van der Waals surface area contributed by atoms with Crippen molar-refractivity contribution in [1.82, 2.24) is 4.98 Å². The second-order valence-electron chi connectivity index (χ2n) is 5.41. The summed E-state index contributed by atoms with van der Waals surface area (Å²) in [5.41, 5.74) is 5.54. The molecule has 1 aromatic heterocycles. The molecule has 0 amide bonds. The van der Waals surface area contributed by atoms with Crippen molar-refractivity contribution in [3.8, 4) is 34.8 Å². The Morgan fingerprint density at radius 2 is 1.96 bits per heavy atom. The number of rotatable bonds is 6. The van der Waals surface area contributed by atoms with Gasteiger partial charge in [-0.3, -0.25) is 4.79 Å². The molecule has 0 atom stereocenters. The number of nitrogen functional groups attached to an aromatic ring is 1. The van der Waals surface area contributed by atoms with Crippen molar-refractivity contribution in [2.45, 2.75) is 19.8 Å². The van der Waals surface area contributed by atoms with Crippen molar-refractivity contribution in [2.24, 2.45) is 0 Å². The van der Waals surface area contributed by atoms with Crippen LogP contribution in [0.1, 0.15) is 30.9 Å². The molecular formula is C18H17BrN4O3.